The molecule has 1 unspecified atom stereocenters. The number of halogens is 1. The molecule has 1 saturated heterocycles. The summed E-state index contributed by atoms with van der Waals surface area (Å²) in [5.41, 5.74) is 0. The second-order valence-corrected chi connectivity index (χ2v) is 7.46. The van der Waals surface area contributed by atoms with Gasteiger partial charge < -0.3 is 10.6 Å². The fourth-order valence-corrected chi connectivity index (χ4v) is 3.28. The van der Waals surface area contributed by atoms with Crippen LogP contribution in [0.1, 0.15) is 12.8 Å². The molecule has 1 heterocycles. The van der Waals surface area contributed by atoms with Gasteiger partial charge in [-0.05, 0) is 30.7 Å². The molecule has 1 aliphatic heterocycles. The molecule has 1 aliphatic rings. The number of benzene rings is 1. The molecule has 4 amide bonds. The van der Waals surface area contributed by atoms with E-state index >= 15 is 0 Å². The number of urea groups is 1. The van der Waals surface area contributed by atoms with Crippen molar-refractivity contribution in [3.63, 3.8) is 0 Å². The van der Waals surface area contributed by atoms with Crippen molar-refractivity contribution >= 4 is 39.5 Å². The van der Waals surface area contributed by atoms with Gasteiger partial charge in [-0.1, -0.05) is 11.6 Å². The van der Waals surface area contributed by atoms with E-state index in [1.807, 2.05) is 0 Å². The van der Waals surface area contributed by atoms with Gasteiger partial charge >= 0.3 is 6.03 Å². The van der Waals surface area contributed by atoms with Crippen LogP contribution in [0.15, 0.2) is 29.2 Å². The second kappa shape index (κ2) is 8.28. The fraction of sp³-hybridized carbons (Fsp3) is 0.357. The molecule has 1 aromatic rings. The molecule has 1 fully saturated rings. The Labute approximate surface area is 149 Å². The van der Waals surface area contributed by atoms with E-state index in [9.17, 15) is 22.8 Å². The lowest BCUT2D eigenvalue weighted by molar-refractivity contribution is -0.123. The molecular weight excluding hydrogens is 372 g/mol. The molecule has 1 atom stereocenters. The minimum atomic E-state index is -3.71. The first-order valence-corrected chi connectivity index (χ1v) is 9.27. The Hall–Kier alpha value is -2.17. The first-order chi connectivity index (χ1) is 11.8. The Kier molecular flexibility index (Phi) is 6.34. The Bertz CT molecular complexity index is 766. The van der Waals surface area contributed by atoms with E-state index in [2.05, 4.69) is 20.7 Å². The van der Waals surface area contributed by atoms with E-state index in [-0.39, 0.29) is 30.8 Å². The normalized spacial score (nSPS) is 18.0. The molecule has 1 aromatic carbocycles. The van der Waals surface area contributed by atoms with Gasteiger partial charge in [0.2, 0.25) is 21.8 Å². The number of imide groups is 1. The first kappa shape index (κ1) is 19.2. The molecule has 25 heavy (non-hydrogen) atoms. The zero-order valence-electron chi connectivity index (χ0n) is 13.0. The summed E-state index contributed by atoms with van der Waals surface area (Å²) in [4.78, 5) is 34.6. The second-order valence-electron chi connectivity index (χ2n) is 5.26. The van der Waals surface area contributed by atoms with Crippen LogP contribution in [-0.4, -0.2) is 45.4 Å². The number of amides is 4. The molecule has 0 radical (unpaired) electrons. The van der Waals surface area contributed by atoms with Gasteiger partial charge in [0, 0.05) is 24.5 Å². The van der Waals surface area contributed by atoms with E-state index < -0.39 is 33.9 Å². The Morgan fingerprint density at radius 3 is 2.56 bits per heavy atom. The summed E-state index contributed by atoms with van der Waals surface area (Å²) in [7, 11) is -3.71. The van der Waals surface area contributed by atoms with Crippen LogP contribution >= 0.6 is 11.6 Å². The van der Waals surface area contributed by atoms with Crippen LogP contribution in [0.4, 0.5) is 4.79 Å². The van der Waals surface area contributed by atoms with Crippen LogP contribution in [0.25, 0.3) is 0 Å². The third kappa shape index (κ3) is 5.69. The van der Waals surface area contributed by atoms with Gasteiger partial charge in [-0.3, -0.25) is 14.9 Å². The number of rotatable bonds is 6. The zero-order valence-corrected chi connectivity index (χ0v) is 14.6. The van der Waals surface area contributed by atoms with Gasteiger partial charge in [0.05, 0.1) is 4.90 Å². The molecule has 0 saturated carbocycles. The van der Waals surface area contributed by atoms with E-state index in [0.29, 0.717) is 5.02 Å². The largest absolute Gasteiger partial charge is 0.353 e. The van der Waals surface area contributed by atoms with Crippen LogP contribution in [-0.2, 0) is 19.6 Å². The predicted octanol–water partition coefficient (Wildman–Crippen LogP) is -0.277. The molecule has 0 aromatic heterocycles. The van der Waals surface area contributed by atoms with Gasteiger partial charge in [-0.15, -0.1) is 0 Å². The van der Waals surface area contributed by atoms with Crippen LogP contribution in [0.2, 0.25) is 5.02 Å². The summed E-state index contributed by atoms with van der Waals surface area (Å²) in [6.07, 6.45) is 0.208. The summed E-state index contributed by atoms with van der Waals surface area (Å²) in [6, 6.07) is 4.08. The van der Waals surface area contributed by atoms with Gasteiger partial charge in [0.1, 0.15) is 6.04 Å². The average Bonchev–Trinajstić information content (AvgIpc) is 2.72. The van der Waals surface area contributed by atoms with E-state index in [1.165, 1.54) is 24.3 Å². The van der Waals surface area contributed by atoms with Crippen molar-refractivity contribution in [3.05, 3.63) is 29.3 Å². The van der Waals surface area contributed by atoms with E-state index in [0.717, 1.165) is 0 Å². The first-order valence-electron chi connectivity index (χ1n) is 7.41. The monoisotopic (exact) mass is 388 g/mol. The third-order valence-electron chi connectivity index (χ3n) is 3.38. The molecule has 2 rings (SSSR count). The zero-order chi connectivity index (χ0) is 18.4. The number of nitrogens with one attached hydrogen (secondary N) is 4. The summed E-state index contributed by atoms with van der Waals surface area (Å²) in [6.45, 7) is -0.00601. The Balaban J connectivity index is 1.80. The van der Waals surface area contributed by atoms with Crippen molar-refractivity contribution in [2.45, 2.75) is 23.8 Å². The molecule has 136 valence electrons. The topological polar surface area (TPSA) is 133 Å². The van der Waals surface area contributed by atoms with Crippen molar-refractivity contribution in [1.29, 1.82) is 0 Å². The summed E-state index contributed by atoms with van der Waals surface area (Å²) >= 11 is 5.71. The lowest BCUT2D eigenvalue weighted by Gasteiger charge is -2.15. The molecule has 0 bridgehead atoms. The summed E-state index contributed by atoms with van der Waals surface area (Å²) in [5, 5.41) is 7.36. The third-order valence-corrected chi connectivity index (χ3v) is 5.10. The van der Waals surface area contributed by atoms with Crippen molar-refractivity contribution in [2.75, 3.05) is 13.1 Å². The summed E-state index contributed by atoms with van der Waals surface area (Å²) < 4.78 is 26.4. The van der Waals surface area contributed by atoms with Crippen molar-refractivity contribution in [2.24, 2.45) is 0 Å². The number of carbonyl (C=O) groups is 3. The van der Waals surface area contributed by atoms with Gasteiger partial charge in [-0.25, -0.2) is 17.9 Å². The van der Waals surface area contributed by atoms with Crippen molar-refractivity contribution < 1.29 is 22.8 Å². The lowest BCUT2D eigenvalue weighted by Crippen LogP contribution is -2.49. The number of hydrogen-bond acceptors (Lipinski definition) is 5. The molecule has 0 spiro atoms. The molecule has 11 heteroatoms. The van der Waals surface area contributed by atoms with E-state index in [1.54, 1.807) is 0 Å². The lowest BCUT2D eigenvalue weighted by atomic mass is 10.1. The Morgan fingerprint density at radius 1 is 1.20 bits per heavy atom. The highest BCUT2D eigenvalue weighted by atomic mass is 35.5. The number of sulfonamides is 1. The standard InChI is InChI=1S/C14H17ClN4O5S/c15-9-1-3-10(4-2-9)25(23,24)17-8-7-16-13(21)11-5-6-12(20)19-14(22)18-11/h1-4,11,17H,5-8H2,(H,16,21)(H2,18,19,20,22). The van der Waals surface area contributed by atoms with Crippen molar-refractivity contribution in [1.82, 2.24) is 20.7 Å². The van der Waals surface area contributed by atoms with Crippen LogP contribution in [0.5, 0.6) is 0 Å². The highest BCUT2D eigenvalue weighted by Crippen LogP contribution is 2.13. The summed E-state index contributed by atoms with van der Waals surface area (Å²) in [5.74, 6) is -0.945. The number of carbonyl (C=O) groups excluding carboxylic acids is 3. The predicted molar refractivity (Wildman–Crippen MR) is 89.3 cm³/mol. The van der Waals surface area contributed by atoms with Crippen LogP contribution in [0, 0.1) is 0 Å². The maximum atomic E-state index is 12.0. The highest BCUT2D eigenvalue weighted by molar-refractivity contribution is 7.89. The maximum Gasteiger partial charge on any atom is 0.322 e. The molecule has 0 aliphatic carbocycles. The minimum absolute atomic E-state index is 0.0272. The van der Waals surface area contributed by atoms with Gasteiger partial charge in [-0.2, -0.15) is 0 Å². The minimum Gasteiger partial charge on any atom is -0.353 e. The van der Waals surface area contributed by atoms with E-state index in [4.69, 9.17) is 11.6 Å². The fourth-order valence-electron chi connectivity index (χ4n) is 2.12. The smallest absolute Gasteiger partial charge is 0.322 e. The Morgan fingerprint density at radius 2 is 1.88 bits per heavy atom. The maximum absolute atomic E-state index is 12.0. The van der Waals surface area contributed by atoms with Gasteiger partial charge in [0.15, 0.2) is 0 Å². The molecule has 4 N–H and O–H groups in total. The molecule has 9 nitrogen and oxygen atoms in total. The van der Waals surface area contributed by atoms with Crippen molar-refractivity contribution in [3.8, 4) is 0 Å². The number of hydrogen-bond donors (Lipinski definition) is 4. The molecular formula is C14H17ClN4O5S. The SMILES string of the molecule is O=C1CCC(C(=O)NCCNS(=O)(=O)c2ccc(Cl)cc2)NC(=O)N1. The highest BCUT2D eigenvalue weighted by Gasteiger charge is 2.25. The van der Waals surface area contributed by atoms with Crippen LogP contribution < -0.4 is 20.7 Å². The van der Waals surface area contributed by atoms with Crippen LogP contribution in [0.3, 0.4) is 0 Å². The van der Waals surface area contributed by atoms with Gasteiger partial charge in [0.25, 0.3) is 0 Å². The quantitative estimate of drug-likeness (QED) is 0.497. The average molecular weight is 389 g/mol.